The van der Waals surface area contributed by atoms with Crippen LogP contribution in [-0.4, -0.2) is 11.7 Å². The SMILES string of the molecule is O=C(Nc1ccccc1SC(F)F)c1cccc(I)c1. The summed E-state index contributed by atoms with van der Waals surface area (Å²) in [5, 5.41) is 2.66. The van der Waals surface area contributed by atoms with Gasteiger partial charge in [0.25, 0.3) is 11.7 Å². The van der Waals surface area contributed by atoms with Gasteiger partial charge in [0.05, 0.1) is 5.69 Å². The third kappa shape index (κ3) is 4.17. The Labute approximate surface area is 133 Å². The van der Waals surface area contributed by atoms with E-state index in [9.17, 15) is 13.6 Å². The van der Waals surface area contributed by atoms with Crippen molar-refractivity contribution in [2.24, 2.45) is 0 Å². The molecule has 0 aliphatic heterocycles. The quantitative estimate of drug-likeness (QED) is 0.582. The van der Waals surface area contributed by atoms with E-state index in [2.05, 4.69) is 27.9 Å². The minimum atomic E-state index is -2.52. The Kier molecular flexibility index (Phi) is 5.36. The van der Waals surface area contributed by atoms with Gasteiger partial charge >= 0.3 is 0 Å². The molecule has 0 radical (unpaired) electrons. The molecule has 0 heterocycles. The van der Waals surface area contributed by atoms with Crippen molar-refractivity contribution in [2.75, 3.05) is 5.32 Å². The Morgan fingerprint density at radius 3 is 2.60 bits per heavy atom. The lowest BCUT2D eigenvalue weighted by atomic mass is 10.2. The fourth-order valence-corrected chi connectivity index (χ4v) is 2.73. The maximum atomic E-state index is 12.5. The lowest BCUT2D eigenvalue weighted by Crippen LogP contribution is -2.12. The summed E-state index contributed by atoms with van der Waals surface area (Å²) in [5.74, 6) is -2.84. The van der Waals surface area contributed by atoms with E-state index < -0.39 is 5.76 Å². The minimum absolute atomic E-state index is 0.314. The van der Waals surface area contributed by atoms with Crippen molar-refractivity contribution < 1.29 is 13.6 Å². The van der Waals surface area contributed by atoms with Gasteiger partial charge in [-0.05, 0) is 52.9 Å². The Balaban J connectivity index is 2.19. The fourth-order valence-electron chi connectivity index (χ4n) is 1.59. The largest absolute Gasteiger partial charge is 0.321 e. The van der Waals surface area contributed by atoms with E-state index >= 15 is 0 Å². The first-order valence-electron chi connectivity index (χ1n) is 5.67. The highest BCUT2D eigenvalue weighted by Gasteiger charge is 2.12. The van der Waals surface area contributed by atoms with Crippen molar-refractivity contribution in [3.8, 4) is 0 Å². The third-order valence-corrected chi connectivity index (χ3v) is 3.90. The fraction of sp³-hybridized carbons (Fsp3) is 0.0714. The molecular weight excluding hydrogens is 395 g/mol. The summed E-state index contributed by atoms with van der Waals surface area (Å²) in [6, 6.07) is 13.6. The number of alkyl halides is 2. The van der Waals surface area contributed by atoms with E-state index in [0.717, 1.165) is 3.57 Å². The van der Waals surface area contributed by atoms with Crippen LogP contribution in [0.3, 0.4) is 0 Å². The van der Waals surface area contributed by atoms with Gasteiger partial charge in [-0.15, -0.1) is 0 Å². The molecule has 20 heavy (non-hydrogen) atoms. The average molecular weight is 405 g/mol. The Morgan fingerprint density at radius 2 is 1.90 bits per heavy atom. The van der Waals surface area contributed by atoms with Crippen LogP contribution in [0.15, 0.2) is 53.4 Å². The topological polar surface area (TPSA) is 29.1 Å². The van der Waals surface area contributed by atoms with Crippen molar-refractivity contribution in [3.05, 3.63) is 57.7 Å². The van der Waals surface area contributed by atoms with Gasteiger partial charge in [0.1, 0.15) is 0 Å². The molecule has 0 saturated heterocycles. The van der Waals surface area contributed by atoms with Crippen LogP contribution in [-0.2, 0) is 0 Å². The Bertz CT molecular complexity index is 622. The summed E-state index contributed by atoms with van der Waals surface area (Å²) < 4.78 is 25.9. The Morgan fingerprint density at radius 1 is 1.15 bits per heavy atom. The summed E-state index contributed by atoms with van der Waals surface area (Å²) in [6.45, 7) is 0. The zero-order chi connectivity index (χ0) is 14.5. The van der Waals surface area contributed by atoms with Crippen LogP contribution in [0.4, 0.5) is 14.5 Å². The van der Waals surface area contributed by atoms with E-state index in [0.29, 0.717) is 27.9 Å². The minimum Gasteiger partial charge on any atom is -0.321 e. The van der Waals surface area contributed by atoms with E-state index in [1.807, 2.05) is 6.07 Å². The molecule has 6 heteroatoms. The number of nitrogens with one attached hydrogen (secondary N) is 1. The molecule has 0 saturated carbocycles. The van der Waals surface area contributed by atoms with E-state index in [-0.39, 0.29) is 5.91 Å². The maximum absolute atomic E-state index is 12.5. The van der Waals surface area contributed by atoms with Gasteiger partial charge in [-0.3, -0.25) is 4.79 Å². The van der Waals surface area contributed by atoms with E-state index in [1.54, 1.807) is 42.5 Å². The molecule has 0 fully saturated rings. The smallest absolute Gasteiger partial charge is 0.288 e. The second-order valence-corrected chi connectivity index (χ2v) is 6.12. The lowest BCUT2D eigenvalue weighted by Gasteiger charge is -2.10. The molecule has 2 aromatic rings. The highest BCUT2D eigenvalue weighted by molar-refractivity contribution is 14.1. The molecule has 1 N–H and O–H groups in total. The van der Waals surface area contributed by atoms with Crippen molar-refractivity contribution in [3.63, 3.8) is 0 Å². The van der Waals surface area contributed by atoms with Crippen LogP contribution in [0.25, 0.3) is 0 Å². The number of hydrogen-bond acceptors (Lipinski definition) is 2. The number of thioether (sulfide) groups is 1. The first-order valence-corrected chi connectivity index (χ1v) is 7.63. The normalized spacial score (nSPS) is 10.6. The number of rotatable bonds is 4. The number of carbonyl (C=O) groups is 1. The molecule has 2 rings (SSSR count). The number of halogens is 3. The van der Waals surface area contributed by atoms with Crippen LogP contribution < -0.4 is 5.32 Å². The zero-order valence-corrected chi connectivity index (χ0v) is 13.1. The highest BCUT2D eigenvalue weighted by Crippen LogP contribution is 2.31. The van der Waals surface area contributed by atoms with Crippen molar-refractivity contribution in [2.45, 2.75) is 10.7 Å². The molecule has 0 atom stereocenters. The molecule has 0 aromatic heterocycles. The van der Waals surface area contributed by atoms with Crippen LogP contribution >= 0.6 is 34.4 Å². The lowest BCUT2D eigenvalue weighted by molar-refractivity contribution is 0.102. The first-order chi connectivity index (χ1) is 9.56. The van der Waals surface area contributed by atoms with Gasteiger partial charge in [-0.1, -0.05) is 30.0 Å². The molecule has 0 aliphatic rings. The molecule has 0 unspecified atom stereocenters. The van der Waals surface area contributed by atoms with E-state index in [4.69, 9.17) is 0 Å². The van der Waals surface area contributed by atoms with Crippen LogP contribution in [0.1, 0.15) is 10.4 Å². The molecule has 0 bridgehead atoms. The van der Waals surface area contributed by atoms with Crippen LogP contribution in [0.5, 0.6) is 0 Å². The van der Waals surface area contributed by atoms with Gasteiger partial charge in [-0.2, -0.15) is 8.78 Å². The predicted molar refractivity (Wildman–Crippen MR) is 85.4 cm³/mol. The molecule has 104 valence electrons. The number of carbonyl (C=O) groups excluding carboxylic acids is 1. The predicted octanol–water partition coefficient (Wildman–Crippen LogP) is 4.86. The van der Waals surface area contributed by atoms with Gasteiger partial charge in [0, 0.05) is 14.0 Å². The van der Waals surface area contributed by atoms with Crippen molar-refractivity contribution in [1.29, 1.82) is 0 Å². The van der Waals surface area contributed by atoms with Crippen molar-refractivity contribution in [1.82, 2.24) is 0 Å². The van der Waals surface area contributed by atoms with Gasteiger partial charge in [0.2, 0.25) is 0 Å². The number of para-hydroxylation sites is 1. The number of hydrogen-bond donors (Lipinski definition) is 1. The summed E-state index contributed by atoms with van der Waals surface area (Å²) in [6.07, 6.45) is 0. The number of amides is 1. The first kappa shape index (κ1) is 15.2. The summed E-state index contributed by atoms with van der Waals surface area (Å²) >= 11 is 2.53. The maximum Gasteiger partial charge on any atom is 0.288 e. The second kappa shape index (κ2) is 7.03. The number of benzene rings is 2. The molecule has 0 spiro atoms. The molecular formula is C14H10F2INOS. The molecule has 2 aromatic carbocycles. The van der Waals surface area contributed by atoms with Gasteiger partial charge in [0.15, 0.2) is 0 Å². The second-order valence-electron chi connectivity index (χ2n) is 3.84. The summed E-state index contributed by atoms with van der Waals surface area (Å²) in [4.78, 5) is 12.4. The van der Waals surface area contributed by atoms with Gasteiger partial charge in [-0.25, -0.2) is 0 Å². The van der Waals surface area contributed by atoms with E-state index in [1.165, 1.54) is 0 Å². The van der Waals surface area contributed by atoms with Crippen molar-refractivity contribution >= 4 is 45.9 Å². The number of anilines is 1. The molecule has 0 aliphatic carbocycles. The summed E-state index contributed by atoms with van der Waals surface area (Å²) in [5.41, 5.74) is 0.885. The Hall–Kier alpha value is -1.15. The standard InChI is InChI=1S/C14H10F2INOS/c15-14(16)20-12-7-2-1-6-11(12)18-13(19)9-4-3-5-10(17)8-9/h1-8,14H,(H,18,19). The highest BCUT2D eigenvalue weighted by atomic mass is 127. The van der Waals surface area contributed by atoms with Crippen LogP contribution in [0.2, 0.25) is 0 Å². The average Bonchev–Trinajstić information content (AvgIpc) is 2.40. The summed E-state index contributed by atoms with van der Waals surface area (Å²) in [7, 11) is 0. The molecule has 2 nitrogen and oxygen atoms in total. The zero-order valence-electron chi connectivity index (χ0n) is 10.1. The van der Waals surface area contributed by atoms with Crippen LogP contribution in [0, 0.1) is 3.57 Å². The monoisotopic (exact) mass is 405 g/mol. The third-order valence-electron chi connectivity index (χ3n) is 2.44. The molecule has 1 amide bonds. The van der Waals surface area contributed by atoms with Gasteiger partial charge < -0.3 is 5.32 Å².